The minimum absolute atomic E-state index is 0.223. The number of ether oxygens (including phenoxy) is 2. The largest absolute Gasteiger partial charge is 0.497 e. The highest BCUT2D eigenvalue weighted by atomic mass is 16.6. The quantitative estimate of drug-likeness (QED) is 0.618. The van der Waals surface area contributed by atoms with E-state index in [1.807, 2.05) is 30.3 Å². The molecule has 0 aliphatic carbocycles. The van der Waals surface area contributed by atoms with Gasteiger partial charge in [0.05, 0.1) is 13.2 Å². The fraction of sp³-hybridized carbons (Fsp3) is 0.300. The maximum Gasteiger partial charge on any atom is 0.118 e. The van der Waals surface area contributed by atoms with Gasteiger partial charge in [0.25, 0.3) is 0 Å². The van der Waals surface area contributed by atoms with Crippen LogP contribution in [0.25, 0.3) is 0 Å². The van der Waals surface area contributed by atoms with Gasteiger partial charge in [0, 0.05) is 11.1 Å². The van der Waals surface area contributed by atoms with Crippen LogP contribution in [0.2, 0.25) is 0 Å². The van der Waals surface area contributed by atoms with E-state index in [0.717, 1.165) is 29.7 Å². The molecular weight excluding hydrogens is 272 g/mol. The lowest BCUT2D eigenvalue weighted by atomic mass is 10.0. The van der Waals surface area contributed by atoms with Crippen LogP contribution < -0.4 is 4.74 Å². The third-order valence-corrected chi connectivity index (χ3v) is 3.85. The second kappa shape index (κ2) is 6.68. The first kappa shape index (κ1) is 14.7. The summed E-state index contributed by atoms with van der Waals surface area (Å²) in [5.74, 6) is 7.35. The molecule has 1 fully saturated rings. The molecule has 0 bridgehead atoms. The van der Waals surface area contributed by atoms with Gasteiger partial charge >= 0.3 is 0 Å². The van der Waals surface area contributed by atoms with E-state index in [1.165, 1.54) is 5.56 Å². The van der Waals surface area contributed by atoms with Crippen molar-refractivity contribution in [3.05, 3.63) is 65.2 Å². The Morgan fingerprint density at radius 1 is 1.05 bits per heavy atom. The van der Waals surface area contributed by atoms with Gasteiger partial charge in [-0.15, -0.1) is 0 Å². The maximum absolute atomic E-state index is 5.78. The number of epoxide rings is 1. The zero-order valence-electron chi connectivity index (χ0n) is 13.0. The summed E-state index contributed by atoms with van der Waals surface area (Å²) in [7, 11) is 1.67. The van der Waals surface area contributed by atoms with E-state index in [1.54, 1.807) is 7.11 Å². The Labute approximate surface area is 132 Å². The summed E-state index contributed by atoms with van der Waals surface area (Å²) < 4.78 is 10.9. The molecule has 0 radical (unpaired) electrons. The molecule has 2 heteroatoms. The zero-order chi connectivity index (χ0) is 15.4. The van der Waals surface area contributed by atoms with E-state index in [-0.39, 0.29) is 6.10 Å². The Morgan fingerprint density at radius 3 is 2.55 bits per heavy atom. The first-order valence-electron chi connectivity index (χ1n) is 7.72. The molecule has 0 N–H and O–H groups in total. The van der Waals surface area contributed by atoms with Crippen LogP contribution in [0.5, 0.6) is 5.75 Å². The molecule has 1 aliphatic rings. The topological polar surface area (TPSA) is 21.8 Å². The van der Waals surface area contributed by atoms with Crippen molar-refractivity contribution in [2.75, 3.05) is 7.11 Å². The molecule has 0 amide bonds. The number of methoxy groups -OCH3 is 1. The summed E-state index contributed by atoms with van der Waals surface area (Å²) in [5, 5.41) is 0. The normalized spacial score (nSPS) is 19.2. The summed E-state index contributed by atoms with van der Waals surface area (Å²) in [6, 6.07) is 16.1. The fourth-order valence-electron chi connectivity index (χ4n) is 2.59. The van der Waals surface area contributed by atoms with E-state index in [4.69, 9.17) is 9.47 Å². The third kappa shape index (κ3) is 3.32. The predicted octanol–water partition coefficient (Wildman–Crippen LogP) is 4.34. The van der Waals surface area contributed by atoms with Crippen molar-refractivity contribution in [2.45, 2.75) is 32.0 Å². The highest BCUT2D eigenvalue weighted by molar-refractivity contribution is 5.49. The van der Waals surface area contributed by atoms with E-state index in [2.05, 4.69) is 37.0 Å². The highest BCUT2D eigenvalue weighted by Crippen LogP contribution is 2.42. The Balaban J connectivity index is 1.80. The molecule has 2 nitrogen and oxygen atoms in total. The van der Waals surface area contributed by atoms with Gasteiger partial charge in [-0.25, -0.2) is 0 Å². The molecule has 22 heavy (non-hydrogen) atoms. The van der Waals surface area contributed by atoms with E-state index < -0.39 is 0 Å². The summed E-state index contributed by atoms with van der Waals surface area (Å²) in [6.45, 7) is 2.19. The number of hydrogen-bond donors (Lipinski definition) is 0. The standard InChI is InChI=1S/C20H20O2/c1-3-6-19-20(22-19)18-8-5-4-7-16(18)12-9-15-10-13-17(21-2)14-11-15/h4-5,7-8,10-11,13-14,19-20H,3,6H2,1-2H3. The van der Waals surface area contributed by atoms with Crippen molar-refractivity contribution in [2.24, 2.45) is 0 Å². The molecule has 0 saturated carbocycles. The van der Waals surface area contributed by atoms with Crippen LogP contribution in [0.15, 0.2) is 48.5 Å². The summed E-state index contributed by atoms with van der Waals surface area (Å²) in [6.07, 6.45) is 2.86. The minimum atomic E-state index is 0.223. The summed E-state index contributed by atoms with van der Waals surface area (Å²) >= 11 is 0. The van der Waals surface area contributed by atoms with Gasteiger partial charge in [-0.1, -0.05) is 43.4 Å². The zero-order valence-corrected chi connectivity index (χ0v) is 13.0. The minimum Gasteiger partial charge on any atom is -0.497 e. The number of hydrogen-bond acceptors (Lipinski definition) is 2. The third-order valence-electron chi connectivity index (χ3n) is 3.85. The average molecular weight is 292 g/mol. The monoisotopic (exact) mass is 292 g/mol. The van der Waals surface area contributed by atoms with Crippen LogP contribution >= 0.6 is 0 Å². The van der Waals surface area contributed by atoms with Gasteiger partial charge in [0.15, 0.2) is 0 Å². The van der Waals surface area contributed by atoms with Crippen LogP contribution in [-0.2, 0) is 4.74 Å². The van der Waals surface area contributed by atoms with Crippen molar-refractivity contribution in [1.29, 1.82) is 0 Å². The molecule has 0 aromatic heterocycles. The van der Waals surface area contributed by atoms with Crippen molar-refractivity contribution in [1.82, 2.24) is 0 Å². The molecule has 1 saturated heterocycles. The molecule has 1 heterocycles. The van der Waals surface area contributed by atoms with Crippen molar-refractivity contribution >= 4 is 0 Å². The van der Waals surface area contributed by atoms with Gasteiger partial charge in [-0.05, 0) is 42.3 Å². The Bertz CT molecular complexity index is 692. The van der Waals surface area contributed by atoms with Crippen LogP contribution in [0.4, 0.5) is 0 Å². The molecule has 2 aromatic rings. The first-order valence-corrected chi connectivity index (χ1v) is 7.72. The van der Waals surface area contributed by atoms with Crippen molar-refractivity contribution in [3.8, 4) is 17.6 Å². The van der Waals surface area contributed by atoms with Gasteiger partial charge in [0.1, 0.15) is 11.9 Å². The van der Waals surface area contributed by atoms with Crippen LogP contribution in [0.3, 0.4) is 0 Å². The first-order chi connectivity index (χ1) is 10.8. The molecule has 2 atom stereocenters. The molecule has 2 aromatic carbocycles. The lowest BCUT2D eigenvalue weighted by Gasteiger charge is -2.01. The van der Waals surface area contributed by atoms with Crippen LogP contribution in [-0.4, -0.2) is 13.2 Å². The van der Waals surface area contributed by atoms with Crippen LogP contribution in [0.1, 0.15) is 42.6 Å². The lowest BCUT2D eigenvalue weighted by Crippen LogP contribution is -1.92. The van der Waals surface area contributed by atoms with Gasteiger partial charge < -0.3 is 9.47 Å². The smallest absolute Gasteiger partial charge is 0.118 e. The average Bonchev–Trinajstić information content (AvgIpc) is 3.33. The van der Waals surface area contributed by atoms with Crippen molar-refractivity contribution < 1.29 is 9.47 Å². The predicted molar refractivity (Wildman–Crippen MR) is 87.9 cm³/mol. The molecule has 0 spiro atoms. The molecule has 1 aliphatic heterocycles. The number of rotatable bonds is 4. The Morgan fingerprint density at radius 2 is 1.82 bits per heavy atom. The van der Waals surface area contributed by atoms with Gasteiger partial charge in [-0.3, -0.25) is 0 Å². The van der Waals surface area contributed by atoms with Crippen molar-refractivity contribution in [3.63, 3.8) is 0 Å². The van der Waals surface area contributed by atoms with E-state index >= 15 is 0 Å². The van der Waals surface area contributed by atoms with Crippen LogP contribution in [0, 0.1) is 11.8 Å². The van der Waals surface area contributed by atoms with Gasteiger partial charge in [-0.2, -0.15) is 0 Å². The Kier molecular flexibility index (Phi) is 4.46. The maximum atomic E-state index is 5.78. The second-order valence-electron chi connectivity index (χ2n) is 5.45. The fourth-order valence-corrected chi connectivity index (χ4v) is 2.59. The summed E-state index contributed by atoms with van der Waals surface area (Å²) in [4.78, 5) is 0. The molecule has 3 rings (SSSR count). The highest BCUT2D eigenvalue weighted by Gasteiger charge is 2.40. The second-order valence-corrected chi connectivity index (χ2v) is 5.45. The SMILES string of the molecule is CCCC1OC1c1ccccc1C#Cc1ccc(OC)cc1. The summed E-state index contributed by atoms with van der Waals surface area (Å²) in [5.41, 5.74) is 3.25. The lowest BCUT2D eigenvalue weighted by molar-refractivity contribution is 0.364. The van der Waals surface area contributed by atoms with E-state index in [9.17, 15) is 0 Å². The molecular formula is C20H20O2. The Hall–Kier alpha value is -2.24. The molecule has 112 valence electrons. The molecule has 2 unspecified atom stereocenters. The van der Waals surface area contributed by atoms with E-state index in [0.29, 0.717) is 6.10 Å². The van der Waals surface area contributed by atoms with Gasteiger partial charge in [0.2, 0.25) is 0 Å². The number of benzene rings is 2.